The summed E-state index contributed by atoms with van der Waals surface area (Å²) in [5.74, 6) is 0.308. The van der Waals surface area contributed by atoms with Crippen molar-refractivity contribution in [1.82, 2.24) is 9.55 Å². The molecule has 1 heterocycles. The molecular weight excluding hydrogens is 205 g/mol. The zero-order valence-electron chi connectivity index (χ0n) is 9.37. The number of anilines is 1. The Labute approximate surface area is 93.7 Å². The molecule has 1 aromatic carbocycles. The number of hydrogen-bond donors (Lipinski definition) is 1. The first kappa shape index (κ1) is 10.7. The Bertz CT molecular complexity index is 517. The summed E-state index contributed by atoms with van der Waals surface area (Å²) in [5, 5.41) is 0. The number of benzene rings is 1. The second kappa shape index (κ2) is 3.96. The molecule has 1 aromatic heterocycles. The fourth-order valence-corrected chi connectivity index (χ4v) is 1.70. The van der Waals surface area contributed by atoms with Crippen molar-refractivity contribution in [3.8, 4) is 11.3 Å². The predicted octanol–water partition coefficient (Wildman–Crippen LogP) is 2.60. The van der Waals surface area contributed by atoms with Crippen molar-refractivity contribution >= 4 is 5.82 Å². The third kappa shape index (κ3) is 1.66. The van der Waals surface area contributed by atoms with E-state index < -0.39 is 0 Å². The van der Waals surface area contributed by atoms with E-state index in [9.17, 15) is 4.39 Å². The summed E-state index contributed by atoms with van der Waals surface area (Å²) >= 11 is 0. The third-order valence-corrected chi connectivity index (χ3v) is 2.67. The van der Waals surface area contributed by atoms with Crippen LogP contribution in [0, 0.1) is 12.7 Å². The molecule has 0 aliphatic heterocycles. The molecule has 0 fully saturated rings. The van der Waals surface area contributed by atoms with Gasteiger partial charge in [0.05, 0.1) is 6.33 Å². The Morgan fingerprint density at radius 1 is 1.44 bits per heavy atom. The molecule has 2 rings (SSSR count). The molecular formula is C12H14FN3. The van der Waals surface area contributed by atoms with Crippen LogP contribution in [0.5, 0.6) is 0 Å². The van der Waals surface area contributed by atoms with Crippen LogP contribution in [0.25, 0.3) is 11.3 Å². The Kier molecular flexibility index (Phi) is 2.64. The second-order valence-corrected chi connectivity index (χ2v) is 3.72. The van der Waals surface area contributed by atoms with Crippen LogP contribution in [-0.4, -0.2) is 9.55 Å². The Balaban J connectivity index is 2.58. The molecule has 0 unspecified atom stereocenters. The van der Waals surface area contributed by atoms with Crippen molar-refractivity contribution in [3.63, 3.8) is 0 Å². The van der Waals surface area contributed by atoms with Crippen LogP contribution in [0.2, 0.25) is 0 Å². The van der Waals surface area contributed by atoms with E-state index in [-0.39, 0.29) is 5.82 Å². The van der Waals surface area contributed by atoms with Crippen molar-refractivity contribution in [2.75, 3.05) is 5.73 Å². The van der Waals surface area contributed by atoms with E-state index in [4.69, 9.17) is 5.73 Å². The summed E-state index contributed by atoms with van der Waals surface area (Å²) in [5.41, 5.74) is 8.32. The van der Waals surface area contributed by atoms with Crippen LogP contribution in [-0.2, 0) is 6.54 Å². The average molecular weight is 219 g/mol. The van der Waals surface area contributed by atoms with E-state index in [1.54, 1.807) is 12.4 Å². The fraction of sp³-hybridized carbons (Fsp3) is 0.250. The highest BCUT2D eigenvalue weighted by Gasteiger charge is 2.11. The van der Waals surface area contributed by atoms with E-state index in [0.717, 1.165) is 17.7 Å². The minimum Gasteiger partial charge on any atom is -0.383 e. The van der Waals surface area contributed by atoms with Crippen LogP contribution in [0.15, 0.2) is 24.5 Å². The molecule has 0 saturated carbocycles. The monoisotopic (exact) mass is 219 g/mol. The Morgan fingerprint density at radius 2 is 2.19 bits per heavy atom. The summed E-state index contributed by atoms with van der Waals surface area (Å²) in [7, 11) is 0. The number of halogens is 1. The van der Waals surface area contributed by atoms with Gasteiger partial charge in [-0.25, -0.2) is 9.37 Å². The third-order valence-electron chi connectivity index (χ3n) is 2.67. The minimum absolute atomic E-state index is 0.272. The molecule has 0 bridgehead atoms. The lowest BCUT2D eigenvalue weighted by Crippen LogP contribution is -2.00. The normalized spacial score (nSPS) is 10.7. The molecule has 0 saturated heterocycles. The van der Waals surface area contributed by atoms with Gasteiger partial charge in [-0.05, 0) is 31.5 Å². The first-order chi connectivity index (χ1) is 7.63. The summed E-state index contributed by atoms with van der Waals surface area (Å²) in [6.45, 7) is 4.66. The molecule has 3 nitrogen and oxygen atoms in total. The van der Waals surface area contributed by atoms with Gasteiger partial charge in [-0.2, -0.15) is 0 Å². The van der Waals surface area contributed by atoms with E-state index in [2.05, 4.69) is 4.98 Å². The number of hydrogen-bond acceptors (Lipinski definition) is 2. The molecule has 0 amide bonds. The summed E-state index contributed by atoms with van der Waals surface area (Å²) in [6.07, 6.45) is 1.68. The van der Waals surface area contributed by atoms with Gasteiger partial charge in [0.2, 0.25) is 0 Å². The standard InChI is InChI=1S/C12H14FN3/c1-3-16-7-15-11(12(16)14)10-6-9(13)5-4-8(10)2/h4-7H,3,14H2,1-2H3. The SMILES string of the molecule is CCn1cnc(-c2cc(F)ccc2C)c1N. The van der Waals surface area contributed by atoms with Gasteiger partial charge in [-0.3, -0.25) is 0 Å². The first-order valence-electron chi connectivity index (χ1n) is 5.20. The zero-order chi connectivity index (χ0) is 11.7. The van der Waals surface area contributed by atoms with Crippen molar-refractivity contribution < 1.29 is 4.39 Å². The van der Waals surface area contributed by atoms with Crippen LogP contribution >= 0.6 is 0 Å². The van der Waals surface area contributed by atoms with Gasteiger partial charge in [0.15, 0.2) is 0 Å². The van der Waals surface area contributed by atoms with E-state index in [0.29, 0.717) is 11.5 Å². The highest BCUT2D eigenvalue weighted by atomic mass is 19.1. The molecule has 2 N–H and O–H groups in total. The molecule has 0 aliphatic carbocycles. The maximum atomic E-state index is 13.2. The average Bonchev–Trinajstić information content (AvgIpc) is 2.63. The fourth-order valence-electron chi connectivity index (χ4n) is 1.70. The van der Waals surface area contributed by atoms with Gasteiger partial charge < -0.3 is 10.3 Å². The van der Waals surface area contributed by atoms with Gasteiger partial charge in [0.25, 0.3) is 0 Å². The lowest BCUT2D eigenvalue weighted by atomic mass is 10.1. The number of nitrogens with two attached hydrogens (primary N) is 1. The summed E-state index contributed by atoms with van der Waals surface area (Å²) in [6, 6.07) is 4.63. The lowest BCUT2D eigenvalue weighted by Gasteiger charge is -2.05. The predicted molar refractivity (Wildman–Crippen MR) is 62.4 cm³/mol. The number of nitrogen functional groups attached to an aromatic ring is 1. The van der Waals surface area contributed by atoms with Gasteiger partial charge in [-0.15, -0.1) is 0 Å². The van der Waals surface area contributed by atoms with Crippen molar-refractivity contribution in [2.24, 2.45) is 0 Å². The topological polar surface area (TPSA) is 43.8 Å². The molecule has 0 aliphatic rings. The molecule has 2 aromatic rings. The maximum Gasteiger partial charge on any atom is 0.131 e. The quantitative estimate of drug-likeness (QED) is 0.843. The Morgan fingerprint density at radius 3 is 2.81 bits per heavy atom. The van der Waals surface area contributed by atoms with E-state index >= 15 is 0 Å². The van der Waals surface area contributed by atoms with Crippen molar-refractivity contribution in [2.45, 2.75) is 20.4 Å². The van der Waals surface area contributed by atoms with Gasteiger partial charge in [0, 0.05) is 12.1 Å². The number of rotatable bonds is 2. The number of aromatic nitrogens is 2. The van der Waals surface area contributed by atoms with Crippen LogP contribution in [0.1, 0.15) is 12.5 Å². The highest BCUT2D eigenvalue weighted by molar-refractivity contribution is 5.73. The second-order valence-electron chi connectivity index (χ2n) is 3.72. The molecule has 16 heavy (non-hydrogen) atoms. The molecule has 4 heteroatoms. The van der Waals surface area contributed by atoms with Crippen molar-refractivity contribution in [3.05, 3.63) is 35.9 Å². The minimum atomic E-state index is -0.272. The van der Waals surface area contributed by atoms with Gasteiger partial charge >= 0.3 is 0 Å². The largest absolute Gasteiger partial charge is 0.383 e. The summed E-state index contributed by atoms with van der Waals surface area (Å²) in [4.78, 5) is 4.23. The Hall–Kier alpha value is -1.84. The molecule has 84 valence electrons. The smallest absolute Gasteiger partial charge is 0.131 e. The van der Waals surface area contributed by atoms with Crippen LogP contribution in [0.4, 0.5) is 10.2 Å². The number of nitrogens with zero attached hydrogens (tertiary/aromatic N) is 2. The van der Waals surface area contributed by atoms with Crippen molar-refractivity contribution in [1.29, 1.82) is 0 Å². The summed E-state index contributed by atoms with van der Waals surface area (Å²) < 4.78 is 15.0. The molecule has 0 atom stereocenters. The maximum absolute atomic E-state index is 13.2. The van der Waals surface area contributed by atoms with Gasteiger partial charge in [0.1, 0.15) is 17.3 Å². The van der Waals surface area contributed by atoms with E-state index in [1.165, 1.54) is 12.1 Å². The van der Waals surface area contributed by atoms with E-state index in [1.807, 2.05) is 18.4 Å². The highest BCUT2D eigenvalue weighted by Crippen LogP contribution is 2.27. The number of imidazole rings is 1. The van der Waals surface area contributed by atoms with Crippen LogP contribution < -0.4 is 5.73 Å². The number of aryl methyl sites for hydroxylation is 2. The molecule has 0 radical (unpaired) electrons. The zero-order valence-corrected chi connectivity index (χ0v) is 9.37. The van der Waals surface area contributed by atoms with Crippen LogP contribution in [0.3, 0.4) is 0 Å². The molecule has 0 spiro atoms. The lowest BCUT2D eigenvalue weighted by molar-refractivity contribution is 0.628. The van der Waals surface area contributed by atoms with Gasteiger partial charge in [-0.1, -0.05) is 6.07 Å². The first-order valence-corrected chi connectivity index (χ1v) is 5.20.